The van der Waals surface area contributed by atoms with Gasteiger partial charge in [-0.25, -0.2) is 4.98 Å². The highest BCUT2D eigenvalue weighted by Crippen LogP contribution is 2.11. The van der Waals surface area contributed by atoms with E-state index in [2.05, 4.69) is 4.98 Å². The lowest BCUT2D eigenvalue weighted by atomic mass is 10.2. The van der Waals surface area contributed by atoms with Crippen LogP contribution in [-0.4, -0.2) is 29.4 Å². The summed E-state index contributed by atoms with van der Waals surface area (Å²) in [6.07, 6.45) is 1.55. The minimum absolute atomic E-state index is 0.0328. The van der Waals surface area contributed by atoms with Crippen LogP contribution in [0, 0.1) is 0 Å². The minimum atomic E-state index is -0.0328. The molecule has 0 aliphatic heterocycles. The lowest BCUT2D eigenvalue weighted by molar-refractivity contribution is 0.0802. The number of benzene rings is 1. The summed E-state index contributed by atoms with van der Waals surface area (Å²) < 4.78 is 5.58. The number of carbonyl (C=O) groups excluding carboxylic acids is 1. The molecule has 20 heavy (non-hydrogen) atoms. The van der Waals surface area contributed by atoms with Crippen molar-refractivity contribution >= 4 is 5.91 Å². The van der Waals surface area contributed by atoms with E-state index in [1.165, 1.54) is 0 Å². The van der Waals surface area contributed by atoms with Crippen molar-refractivity contribution in [2.24, 2.45) is 0 Å². The van der Waals surface area contributed by atoms with Crippen LogP contribution in [0.2, 0.25) is 0 Å². The molecule has 0 atom stereocenters. The second-order valence-electron chi connectivity index (χ2n) is 4.48. The average Bonchev–Trinajstić information content (AvgIpc) is 2.53. The second-order valence-corrected chi connectivity index (χ2v) is 4.48. The van der Waals surface area contributed by atoms with Crippen molar-refractivity contribution in [2.75, 3.05) is 13.6 Å². The van der Waals surface area contributed by atoms with E-state index in [0.29, 0.717) is 24.6 Å². The molecule has 0 fully saturated rings. The first-order valence-corrected chi connectivity index (χ1v) is 6.59. The normalized spacial score (nSPS) is 10.1. The number of nitrogens with zero attached hydrogens (tertiary/aromatic N) is 2. The molecule has 0 spiro atoms. The Hall–Kier alpha value is -2.36. The molecule has 0 aliphatic rings. The summed E-state index contributed by atoms with van der Waals surface area (Å²) in [5.41, 5.74) is 1.65. The number of hydrogen-bond acceptors (Lipinski definition) is 3. The Morgan fingerprint density at radius 1 is 1.20 bits per heavy atom. The lowest BCUT2D eigenvalue weighted by Gasteiger charge is -2.14. The van der Waals surface area contributed by atoms with E-state index in [0.717, 1.165) is 5.56 Å². The van der Waals surface area contributed by atoms with Crippen molar-refractivity contribution in [2.45, 2.75) is 13.5 Å². The average molecular weight is 270 g/mol. The first kappa shape index (κ1) is 14.1. The Kier molecular flexibility index (Phi) is 4.71. The minimum Gasteiger partial charge on any atom is -0.473 e. The second kappa shape index (κ2) is 6.70. The van der Waals surface area contributed by atoms with Gasteiger partial charge in [0.25, 0.3) is 5.91 Å². The largest absolute Gasteiger partial charge is 0.473 e. The van der Waals surface area contributed by atoms with Crippen molar-refractivity contribution in [3.8, 4) is 5.88 Å². The van der Waals surface area contributed by atoms with Crippen LogP contribution >= 0.6 is 0 Å². The molecule has 104 valence electrons. The van der Waals surface area contributed by atoms with Crippen molar-refractivity contribution < 1.29 is 9.53 Å². The molecular formula is C16H18N2O2. The zero-order valence-corrected chi connectivity index (χ0v) is 11.7. The van der Waals surface area contributed by atoms with Gasteiger partial charge in [-0.05, 0) is 18.6 Å². The highest BCUT2D eigenvalue weighted by Gasteiger charge is 2.10. The molecule has 1 amide bonds. The summed E-state index contributed by atoms with van der Waals surface area (Å²) in [5, 5.41) is 0. The van der Waals surface area contributed by atoms with Gasteiger partial charge in [0.05, 0.1) is 5.56 Å². The van der Waals surface area contributed by atoms with Gasteiger partial charge in [0.2, 0.25) is 5.88 Å². The van der Waals surface area contributed by atoms with E-state index in [-0.39, 0.29) is 5.91 Å². The molecule has 1 aromatic carbocycles. The summed E-state index contributed by atoms with van der Waals surface area (Å²) in [7, 11) is 1.77. The number of rotatable bonds is 5. The van der Waals surface area contributed by atoms with Crippen LogP contribution in [0.25, 0.3) is 0 Å². The van der Waals surface area contributed by atoms with Gasteiger partial charge < -0.3 is 9.64 Å². The van der Waals surface area contributed by atoms with E-state index in [1.807, 2.05) is 37.3 Å². The van der Waals surface area contributed by atoms with Gasteiger partial charge in [0, 0.05) is 25.9 Å². The molecule has 4 heteroatoms. The van der Waals surface area contributed by atoms with Crippen molar-refractivity contribution in [1.29, 1.82) is 0 Å². The summed E-state index contributed by atoms with van der Waals surface area (Å²) >= 11 is 0. The molecule has 1 aromatic heterocycles. The van der Waals surface area contributed by atoms with Gasteiger partial charge >= 0.3 is 0 Å². The molecule has 4 nitrogen and oxygen atoms in total. The number of carbonyl (C=O) groups is 1. The fraction of sp³-hybridized carbons (Fsp3) is 0.250. The third-order valence-electron chi connectivity index (χ3n) is 3.03. The highest BCUT2D eigenvalue weighted by atomic mass is 16.5. The predicted octanol–water partition coefficient (Wildman–Crippen LogP) is 2.75. The standard InChI is InChI=1S/C16H18N2O2/c1-3-18(2)16(19)14-9-10-15(17-11-14)20-12-13-7-5-4-6-8-13/h4-11H,3,12H2,1-2H3. The molecule has 2 rings (SSSR count). The smallest absolute Gasteiger partial charge is 0.255 e. The van der Waals surface area contributed by atoms with Crippen LogP contribution in [-0.2, 0) is 6.61 Å². The molecular weight excluding hydrogens is 252 g/mol. The van der Waals surface area contributed by atoms with Crippen LogP contribution in [0.3, 0.4) is 0 Å². The number of aromatic nitrogens is 1. The van der Waals surface area contributed by atoms with Gasteiger partial charge in [-0.3, -0.25) is 4.79 Å². The van der Waals surface area contributed by atoms with Crippen LogP contribution in [0.1, 0.15) is 22.8 Å². The third kappa shape index (κ3) is 3.57. The van der Waals surface area contributed by atoms with Crippen LogP contribution in [0.15, 0.2) is 48.7 Å². The first-order valence-electron chi connectivity index (χ1n) is 6.59. The summed E-state index contributed by atoms with van der Waals surface area (Å²) in [4.78, 5) is 17.7. The topological polar surface area (TPSA) is 42.4 Å². The zero-order valence-electron chi connectivity index (χ0n) is 11.7. The van der Waals surface area contributed by atoms with E-state index < -0.39 is 0 Å². The maximum Gasteiger partial charge on any atom is 0.255 e. The SMILES string of the molecule is CCN(C)C(=O)c1ccc(OCc2ccccc2)nc1. The number of hydrogen-bond donors (Lipinski definition) is 0. The fourth-order valence-corrected chi connectivity index (χ4v) is 1.69. The highest BCUT2D eigenvalue weighted by molar-refractivity contribution is 5.93. The van der Waals surface area contributed by atoms with Gasteiger partial charge in [-0.2, -0.15) is 0 Å². The van der Waals surface area contributed by atoms with Gasteiger partial charge in [0.15, 0.2) is 0 Å². The summed E-state index contributed by atoms with van der Waals surface area (Å²) in [6.45, 7) is 3.07. The van der Waals surface area contributed by atoms with Crippen LogP contribution < -0.4 is 4.74 Å². The van der Waals surface area contributed by atoms with E-state index >= 15 is 0 Å². The molecule has 0 aliphatic carbocycles. The Morgan fingerprint density at radius 2 is 1.95 bits per heavy atom. The quantitative estimate of drug-likeness (QED) is 0.839. The van der Waals surface area contributed by atoms with E-state index in [4.69, 9.17) is 4.74 Å². The molecule has 2 aromatic rings. The van der Waals surface area contributed by atoms with Gasteiger partial charge in [0.1, 0.15) is 6.61 Å². The lowest BCUT2D eigenvalue weighted by Crippen LogP contribution is -2.26. The van der Waals surface area contributed by atoms with Crippen molar-refractivity contribution in [1.82, 2.24) is 9.88 Å². The Morgan fingerprint density at radius 3 is 2.55 bits per heavy atom. The summed E-state index contributed by atoms with van der Waals surface area (Å²) in [6, 6.07) is 13.3. The van der Waals surface area contributed by atoms with E-state index in [9.17, 15) is 4.79 Å². The monoisotopic (exact) mass is 270 g/mol. The van der Waals surface area contributed by atoms with Crippen molar-refractivity contribution in [3.63, 3.8) is 0 Å². The molecule has 0 saturated carbocycles. The third-order valence-corrected chi connectivity index (χ3v) is 3.03. The number of pyridine rings is 1. The Labute approximate surface area is 119 Å². The molecule has 0 unspecified atom stereocenters. The van der Waals surface area contributed by atoms with Crippen LogP contribution in [0.5, 0.6) is 5.88 Å². The van der Waals surface area contributed by atoms with Crippen molar-refractivity contribution in [3.05, 3.63) is 59.8 Å². The van der Waals surface area contributed by atoms with Crippen LogP contribution in [0.4, 0.5) is 0 Å². The fourth-order valence-electron chi connectivity index (χ4n) is 1.69. The molecule has 0 N–H and O–H groups in total. The predicted molar refractivity (Wildman–Crippen MR) is 77.6 cm³/mol. The number of ether oxygens (including phenoxy) is 1. The summed E-state index contributed by atoms with van der Waals surface area (Å²) in [5.74, 6) is 0.485. The molecule has 0 bridgehead atoms. The molecule has 0 saturated heterocycles. The van der Waals surface area contributed by atoms with E-state index in [1.54, 1.807) is 30.3 Å². The maximum absolute atomic E-state index is 11.9. The Balaban J connectivity index is 1.96. The Bertz CT molecular complexity index is 552. The maximum atomic E-state index is 11.9. The zero-order chi connectivity index (χ0) is 14.4. The van der Waals surface area contributed by atoms with Gasteiger partial charge in [-0.1, -0.05) is 30.3 Å². The molecule has 1 heterocycles. The first-order chi connectivity index (χ1) is 9.70. The number of amides is 1. The van der Waals surface area contributed by atoms with Gasteiger partial charge in [-0.15, -0.1) is 0 Å². The molecule has 0 radical (unpaired) electrons.